The van der Waals surface area contributed by atoms with Crippen molar-refractivity contribution in [3.63, 3.8) is 0 Å². The summed E-state index contributed by atoms with van der Waals surface area (Å²) in [6, 6.07) is 24.6. The van der Waals surface area contributed by atoms with E-state index in [1.807, 2.05) is 41.3 Å². The highest BCUT2D eigenvalue weighted by atomic mass is 16.7. The van der Waals surface area contributed by atoms with Crippen molar-refractivity contribution in [2.24, 2.45) is 5.92 Å². The molecular formula is C26H25NO4. The number of ether oxygens (including phenoxy) is 3. The first-order chi connectivity index (χ1) is 15.3. The maximum atomic E-state index is 13.3. The monoisotopic (exact) mass is 415 g/mol. The van der Waals surface area contributed by atoms with Gasteiger partial charge in [0.05, 0.1) is 12.5 Å². The van der Waals surface area contributed by atoms with Crippen molar-refractivity contribution in [3.05, 3.63) is 83.9 Å². The summed E-state index contributed by atoms with van der Waals surface area (Å²) < 4.78 is 16.4. The summed E-state index contributed by atoms with van der Waals surface area (Å²) in [5, 5.41) is 0. The minimum absolute atomic E-state index is 0.0717. The van der Waals surface area contributed by atoms with E-state index in [1.165, 1.54) is 11.1 Å². The van der Waals surface area contributed by atoms with E-state index in [9.17, 15) is 4.79 Å². The van der Waals surface area contributed by atoms with Crippen LogP contribution in [0.1, 0.15) is 17.5 Å². The van der Waals surface area contributed by atoms with Gasteiger partial charge in [0.15, 0.2) is 11.5 Å². The van der Waals surface area contributed by atoms with Gasteiger partial charge in [-0.3, -0.25) is 4.79 Å². The summed E-state index contributed by atoms with van der Waals surface area (Å²) in [7, 11) is 0. The number of nitrogens with zero attached hydrogens (tertiary/aromatic N) is 1. The summed E-state index contributed by atoms with van der Waals surface area (Å²) in [4.78, 5) is 15.2. The molecule has 1 fully saturated rings. The van der Waals surface area contributed by atoms with Crippen molar-refractivity contribution in [2.45, 2.75) is 19.5 Å². The van der Waals surface area contributed by atoms with Gasteiger partial charge in [-0.15, -0.1) is 0 Å². The maximum Gasteiger partial charge on any atom is 0.231 e. The first-order valence-corrected chi connectivity index (χ1v) is 10.7. The largest absolute Gasteiger partial charge is 0.454 e. The Labute approximate surface area is 182 Å². The molecule has 0 aromatic heterocycles. The lowest BCUT2D eigenvalue weighted by atomic mass is 10.0. The van der Waals surface area contributed by atoms with E-state index in [4.69, 9.17) is 14.2 Å². The van der Waals surface area contributed by atoms with E-state index < -0.39 is 0 Å². The highest BCUT2D eigenvalue weighted by Crippen LogP contribution is 2.33. The Hall–Kier alpha value is -3.31. The Morgan fingerprint density at radius 1 is 0.839 bits per heavy atom. The molecule has 0 saturated carbocycles. The first-order valence-electron chi connectivity index (χ1n) is 10.7. The van der Waals surface area contributed by atoms with Crippen molar-refractivity contribution < 1.29 is 19.0 Å². The summed E-state index contributed by atoms with van der Waals surface area (Å²) >= 11 is 0. The lowest BCUT2D eigenvalue weighted by molar-refractivity contribution is -0.136. The molecule has 0 bridgehead atoms. The fourth-order valence-corrected chi connectivity index (χ4v) is 4.11. The number of fused-ring (bicyclic) bond motifs is 1. The second-order valence-corrected chi connectivity index (χ2v) is 8.01. The smallest absolute Gasteiger partial charge is 0.231 e. The van der Waals surface area contributed by atoms with Crippen LogP contribution in [-0.4, -0.2) is 30.8 Å². The fourth-order valence-electron chi connectivity index (χ4n) is 4.11. The summed E-state index contributed by atoms with van der Waals surface area (Å²) in [6.07, 6.45) is 0.781. The molecule has 5 nitrogen and oxygen atoms in total. The van der Waals surface area contributed by atoms with Gasteiger partial charge in [-0.1, -0.05) is 60.7 Å². The van der Waals surface area contributed by atoms with Gasteiger partial charge < -0.3 is 19.1 Å². The van der Waals surface area contributed by atoms with Gasteiger partial charge in [0.25, 0.3) is 0 Å². The van der Waals surface area contributed by atoms with Gasteiger partial charge >= 0.3 is 0 Å². The molecule has 5 rings (SSSR count). The van der Waals surface area contributed by atoms with Crippen molar-refractivity contribution in [1.29, 1.82) is 0 Å². The quantitative estimate of drug-likeness (QED) is 0.588. The third kappa shape index (κ3) is 4.42. The number of rotatable bonds is 6. The van der Waals surface area contributed by atoms with Crippen LogP contribution >= 0.6 is 0 Å². The molecule has 3 aromatic carbocycles. The van der Waals surface area contributed by atoms with E-state index in [2.05, 4.69) is 36.4 Å². The van der Waals surface area contributed by atoms with E-state index >= 15 is 0 Å². The molecule has 1 amide bonds. The highest BCUT2D eigenvalue weighted by Gasteiger charge is 2.28. The Balaban J connectivity index is 1.36. The van der Waals surface area contributed by atoms with Crippen LogP contribution in [0.5, 0.6) is 11.5 Å². The first kappa shape index (κ1) is 19.6. The van der Waals surface area contributed by atoms with E-state index in [0.29, 0.717) is 26.3 Å². The third-order valence-electron chi connectivity index (χ3n) is 5.84. The van der Waals surface area contributed by atoms with Gasteiger partial charge in [-0.2, -0.15) is 0 Å². The Morgan fingerprint density at radius 3 is 2.32 bits per heavy atom. The molecule has 1 unspecified atom stereocenters. The number of benzene rings is 3. The molecule has 1 atom stereocenters. The average Bonchev–Trinajstić information content (AvgIpc) is 3.51. The highest BCUT2D eigenvalue weighted by molar-refractivity contribution is 5.79. The zero-order valence-corrected chi connectivity index (χ0v) is 17.3. The predicted molar refractivity (Wildman–Crippen MR) is 118 cm³/mol. The third-order valence-corrected chi connectivity index (χ3v) is 5.84. The molecule has 0 radical (unpaired) electrons. The molecule has 2 aliphatic rings. The van der Waals surface area contributed by atoms with Crippen LogP contribution < -0.4 is 9.47 Å². The molecular weight excluding hydrogens is 390 g/mol. The van der Waals surface area contributed by atoms with Crippen LogP contribution in [0.2, 0.25) is 0 Å². The minimum atomic E-state index is -0.0717. The molecule has 2 heterocycles. The molecule has 0 spiro atoms. The Morgan fingerprint density at radius 2 is 1.55 bits per heavy atom. The van der Waals surface area contributed by atoms with Gasteiger partial charge in [0.2, 0.25) is 12.7 Å². The van der Waals surface area contributed by atoms with E-state index in [-0.39, 0.29) is 18.6 Å². The fraction of sp³-hybridized carbons (Fsp3) is 0.269. The molecule has 2 aliphatic heterocycles. The summed E-state index contributed by atoms with van der Waals surface area (Å²) in [6.45, 7) is 2.48. The second-order valence-electron chi connectivity index (χ2n) is 8.01. The minimum Gasteiger partial charge on any atom is -0.454 e. The SMILES string of the molecule is O=C(C1CCOC1)N(Cc1ccc(-c2ccccc2)cc1)Cc1ccc2c(c1)OCO2. The second kappa shape index (κ2) is 8.82. The molecule has 3 aromatic rings. The zero-order valence-electron chi connectivity index (χ0n) is 17.3. The van der Waals surface area contributed by atoms with Gasteiger partial charge in [0, 0.05) is 19.7 Å². The van der Waals surface area contributed by atoms with Crippen molar-refractivity contribution >= 4 is 5.91 Å². The van der Waals surface area contributed by atoms with Crippen LogP contribution in [0, 0.1) is 5.92 Å². The molecule has 0 aliphatic carbocycles. The van der Waals surface area contributed by atoms with E-state index in [1.54, 1.807) is 0 Å². The molecule has 158 valence electrons. The number of carbonyl (C=O) groups is 1. The normalized spacial score (nSPS) is 17.0. The zero-order chi connectivity index (χ0) is 21.0. The molecule has 0 N–H and O–H groups in total. The maximum absolute atomic E-state index is 13.3. The standard InChI is InChI=1S/C26H25NO4/c28-26(23-12-13-29-17-23)27(16-20-8-11-24-25(14-20)31-18-30-24)15-19-6-9-22(10-7-19)21-4-2-1-3-5-21/h1-11,14,23H,12-13,15-18H2. The van der Waals surface area contributed by atoms with Crippen LogP contribution in [0.15, 0.2) is 72.8 Å². The molecule has 1 saturated heterocycles. The van der Waals surface area contributed by atoms with Crippen LogP contribution in [0.4, 0.5) is 0 Å². The average molecular weight is 415 g/mol. The Kier molecular flexibility index (Phi) is 5.59. The van der Waals surface area contributed by atoms with Gasteiger partial charge in [-0.05, 0) is 40.8 Å². The van der Waals surface area contributed by atoms with Crippen molar-refractivity contribution in [1.82, 2.24) is 4.90 Å². The summed E-state index contributed by atoms with van der Waals surface area (Å²) in [5.74, 6) is 1.56. The lowest BCUT2D eigenvalue weighted by Crippen LogP contribution is -2.35. The van der Waals surface area contributed by atoms with E-state index in [0.717, 1.165) is 29.0 Å². The molecule has 31 heavy (non-hydrogen) atoms. The number of carbonyl (C=O) groups excluding carboxylic acids is 1. The topological polar surface area (TPSA) is 48.0 Å². The number of hydrogen-bond acceptors (Lipinski definition) is 4. The van der Waals surface area contributed by atoms with Crippen molar-refractivity contribution in [2.75, 3.05) is 20.0 Å². The van der Waals surface area contributed by atoms with Crippen LogP contribution in [0.25, 0.3) is 11.1 Å². The van der Waals surface area contributed by atoms with Crippen LogP contribution in [-0.2, 0) is 22.6 Å². The van der Waals surface area contributed by atoms with Gasteiger partial charge in [-0.25, -0.2) is 0 Å². The predicted octanol–water partition coefficient (Wildman–Crippen LogP) is 4.65. The lowest BCUT2D eigenvalue weighted by Gasteiger charge is -2.26. The number of hydrogen-bond donors (Lipinski definition) is 0. The van der Waals surface area contributed by atoms with Crippen molar-refractivity contribution in [3.8, 4) is 22.6 Å². The molecule has 5 heteroatoms. The Bertz CT molecular complexity index is 1040. The van der Waals surface area contributed by atoms with Crippen LogP contribution in [0.3, 0.4) is 0 Å². The van der Waals surface area contributed by atoms with Gasteiger partial charge in [0.1, 0.15) is 0 Å². The number of amides is 1. The summed E-state index contributed by atoms with van der Waals surface area (Å²) in [5.41, 5.74) is 4.48.